The Labute approximate surface area is 59.3 Å². The van der Waals surface area contributed by atoms with Crippen LogP contribution in [0.25, 0.3) is 0 Å². The fourth-order valence-electron chi connectivity index (χ4n) is 0. The van der Waals surface area contributed by atoms with Gasteiger partial charge in [0.15, 0.2) is 0 Å². The van der Waals surface area contributed by atoms with Crippen LogP contribution in [0.3, 0.4) is 0 Å². The van der Waals surface area contributed by atoms with E-state index in [2.05, 4.69) is 6.67 Å². The van der Waals surface area contributed by atoms with Crippen molar-refractivity contribution in [2.24, 2.45) is 6.67 Å². The van der Waals surface area contributed by atoms with Gasteiger partial charge in [0, 0.05) is 7.43 Å². The summed E-state index contributed by atoms with van der Waals surface area (Å²) in [5.74, 6) is 0. The number of rotatable bonds is 0. The molecule has 0 aliphatic rings. The van der Waals surface area contributed by atoms with Gasteiger partial charge in [-0.25, -0.2) is 0 Å². The van der Waals surface area contributed by atoms with Crippen LogP contribution in [0.4, 0.5) is 0 Å². The second-order valence-corrected chi connectivity index (χ2v) is 1.34. The van der Waals surface area contributed by atoms with Crippen molar-refractivity contribution in [2.45, 2.75) is 0 Å². The summed E-state index contributed by atoms with van der Waals surface area (Å²) in [4.78, 5) is 0. The molecule has 0 saturated heterocycles. The molecule has 0 aliphatic carbocycles. The van der Waals surface area contributed by atoms with Gasteiger partial charge in [0.2, 0.25) is 0 Å². The summed E-state index contributed by atoms with van der Waals surface area (Å²) in [6, 6.07) is 0. The standard InChI is InChI=1S/C.N2.2Sn/c;1-2;;/q;-2;2*+1. The molecular formula is CN2Sn2. The Bertz CT molecular complexity index is 22.8. The van der Waals surface area contributed by atoms with E-state index in [1.807, 2.05) is 0 Å². The van der Waals surface area contributed by atoms with Crippen molar-refractivity contribution in [2.75, 3.05) is 0 Å². The van der Waals surface area contributed by atoms with E-state index in [0.29, 0.717) is 0 Å². The first-order valence-electron chi connectivity index (χ1n) is 0.647. The molecule has 0 atom stereocenters. The van der Waals surface area contributed by atoms with E-state index in [4.69, 9.17) is 0 Å². The normalized spacial score (nSPS) is 7.60. The average molecular weight is 277 g/mol. The molecular weight excluding hydrogens is 277 g/mol. The molecule has 0 saturated carbocycles. The number of hydrogen-bond acceptors (Lipinski definition) is 2. The second kappa shape index (κ2) is 8.96. The Hall–Kier alpha value is 1.20. The maximum atomic E-state index is 3.49. The van der Waals surface area contributed by atoms with Crippen LogP contribution in [0.2, 0.25) is 0 Å². The molecule has 2 nitrogen and oxygen atoms in total. The molecule has 0 aromatic carbocycles. The van der Waals surface area contributed by atoms with E-state index < -0.39 is 0 Å². The molecule has 0 spiro atoms. The van der Waals surface area contributed by atoms with Gasteiger partial charge < -0.3 is 0 Å². The zero-order chi connectivity index (χ0) is 3.41. The first kappa shape index (κ1) is 9.50. The van der Waals surface area contributed by atoms with Crippen LogP contribution in [-0.2, 0) is 0 Å². The summed E-state index contributed by atoms with van der Waals surface area (Å²) in [6.07, 6.45) is 0. The Morgan fingerprint density at radius 2 is 1.20 bits per heavy atom. The molecule has 0 aromatic rings. The molecule has 0 amide bonds. The quantitative estimate of drug-likeness (QED) is 0.429. The number of hydrogen-bond donors (Lipinski definition) is 0. The van der Waals surface area contributed by atoms with Crippen molar-refractivity contribution in [1.29, 1.82) is 0 Å². The Morgan fingerprint density at radius 3 is 1.20 bits per heavy atom. The summed E-state index contributed by atoms with van der Waals surface area (Å²) >= 11 is 2.30. The van der Waals surface area contributed by atoms with Crippen LogP contribution < -0.4 is 0 Å². The van der Waals surface area contributed by atoms with Crippen molar-refractivity contribution in [3.8, 4) is 0 Å². The van der Waals surface area contributed by atoms with Crippen molar-refractivity contribution in [3.63, 3.8) is 0 Å². The van der Waals surface area contributed by atoms with Crippen molar-refractivity contribution in [1.82, 2.24) is 0 Å². The molecule has 0 aliphatic heterocycles. The van der Waals surface area contributed by atoms with E-state index in [1.165, 1.54) is 0 Å². The van der Waals surface area contributed by atoms with E-state index in [1.54, 1.807) is 0 Å². The molecule has 22 valence electrons. The van der Waals surface area contributed by atoms with Crippen molar-refractivity contribution in [3.05, 3.63) is 7.43 Å². The molecule has 0 rings (SSSR count). The van der Waals surface area contributed by atoms with Crippen molar-refractivity contribution >= 4 is 45.6 Å². The molecule has 0 bridgehead atoms. The molecule has 10 radical (unpaired) electrons. The Kier molecular flexibility index (Phi) is 17.0. The predicted octanol–water partition coefficient (Wildman–Crippen LogP) is -0.313. The summed E-state index contributed by atoms with van der Waals surface area (Å²) in [5.41, 5.74) is 0. The van der Waals surface area contributed by atoms with Crippen LogP contribution in [0.15, 0.2) is 6.67 Å². The fraction of sp³-hybridized carbons (Fsp3) is 0. The molecule has 0 N–H and O–H groups in total. The first-order chi connectivity index (χ1) is 1.91. The summed E-state index contributed by atoms with van der Waals surface area (Å²) < 4.78 is 6.98. The Morgan fingerprint density at radius 1 is 1.00 bits per heavy atom. The van der Waals surface area contributed by atoms with Crippen LogP contribution in [0.5, 0.6) is 0 Å². The predicted molar refractivity (Wildman–Crippen MR) is 19.6 cm³/mol. The third-order valence-electron chi connectivity index (χ3n) is 0.0500. The zero-order valence-corrected chi connectivity index (χ0v) is 8.10. The molecule has 0 fully saturated rings. The van der Waals surface area contributed by atoms with E-state index >= 15 is 0 Å². The number of nitrogens with zero attached hydrogens (tertiary/aromatic N) is 2. The van der Waals surface area contributed by atoms with E-state index in [9.17, 15) is 0 Å². The van der Waals surface area contributed by atoms with Gasteiger partial charge in [0.1, 0.15) is 0 Å². The SMILES string of the molecule is [C].[Sn][N]=[N][Sn]. The van der Waals surface area contributed by atoms with Gasteiger partial charge in [-0.3, -0.25) is 0 Å². The second-order valence-electron chi connectivity index (χ2n) is 0.200. The Balaban J connectivity index is 0. The summed E-state index contributed by atoms with van der Waals surface area (Å²) in [7, 11) is 0. The fourth-order valence-corrected chi connectivity index (χ4v) is 0. The molecule has 5 heavy (non-hydrogen) atoms. The van der Waals surface area contributed by atoms with Gasteiger partial charge in [-0.15, -0.1) is 0 Å². The summed E-state index contributed by atoms with van der Waals surface area (Å²) in [5, 5.41) is 0. The van der Waals surface area contributed by atoms with Crippen molar-refractivity contribution < 1.29 is 0 Å². The van der Waals surface area contributed by atoms with Gasteiger partial charge in [-0.2, -0.15) is 0 Å². The third-order valence-corrected chi connectivity index (χ3v) is 2.25. The van der Waals surface area contributed by atoms with Gasteiger partial charge in [-0.05, 0) is 0 Å². The van der Waals surface area contributed by atoms with Gasteiger partial charge >= 0.3 is 52.3 Å². The minimum absolute atomic E-state index is 0. The maximum absolute atomic E-state index is 3.49. The van der Waals surface area contributed by atoms with Crippen LogP contribution in [0.1, 0.15) is 0 Å². The summed E-state index contributed by atoms with van der Waals surface area (Å²) in [6.45, 7) is 0. The molecule has 0 unspecified atom stereocenters. The average Bonchev–Trinajstić information content (AvgIpc) is 1.37. The monoisotopic (exact) mass is 280 g/mol. The third kappa shape index (κ3) is 11.0. The van der Waals surface area contributed by atoms with Gasteiger partial charge in [0.25, 0.3) is 0 Å². The van der Waals surface area contributed by atoms with Crippen LogP contribution in [-0.4, -0.2) is 45.6 Å². The van der Waals surface area contributed by atoms with Crippen LogP contribution >= 0.6 is 0 Å². The molecule has 0 aromatic heterocycles. The van der Waals surface area contributed by atoms with Gasteiger partial charge in [0.05, 0.1) is 0 Å². The van der Waals surface area contributed by atoms with Crippen LogP contribution in [0, 0.1) is 7.43 Å². The van der Waals surface area contributed by atoms with E-state index in [0.717, 1.165) is 45.6 Å². The molecule has 4 heteroatoms. The van der Waals surface area contributed by atoms with E-state index in [-0.39, 0.29) is 7.43 Å². The molecule has 0 heterocycles. The van der Waals surface area contributed by atoms with Gasteiger partial charge in [-0.1, -0.05) is 0 Å². The topological polar surface area (TPSA) is 24.7 Å². The minimum atomic E-state index is 0. The zero-order valence-electron chi connectivity index (χ0n) is 2.39. The first-order valence-corrected chi connectivity index (χ1v) is 3.20.